The number of carbonyl (C=O) groups excluding carboxylic acids is 1. The van der Waals surface area contributed by atoms with Crippen LogP contribution in [0.15, 0.2) is 69.6 Å². The summed E-state index contributed by atoms with van der Waals surface area (Å²) in [6, 6.07) is 15.7. The maximum Gasteiger partial charge on any atom is 0.262 e. The van der Waals surface area contributed by atoms with Gasteiger partial charge in [-0.05, 0) is 31.0 Å². The van der Waals surface area contributed by atoms with Crippen LogP contribution in [0.2, 0.25) is 0 Å². The van der Waals surface area contributed by atoms with Crippen LogP contribution in [0.25, 0.3) is 11.4 Å². The largest absolute Gasteiger partial charge is 0.325 e. The molecule has 0 bridgehead atoms. The average Bonchev–Trinajstić information content (AvgIpc) is 3.15. The summed E-state index contributed by atoms with van der Waals surface area (Å²) in [7, 11) is -3.77. The Morgan fingerprint density at radius 2 is 1.91 bits per heavy atom. The first-order valence-corrected chi connectivity index (χ1v) is 13.0. The molecule has 1 aromatic heterocycles. The molecule has 172 valence electrons. The van der Waals surface area contributed by atoms with Gasteiger partial charge in [-0.3, -0.25) is 19.6 Å². The third kappa shape index (κ3) is 6.42. The number of thioether (sulfide) groups is 1. The molecule has 0 atom stereocenters. The fourth-order valence-corrected chi connectivity index (χ4v) is 5.01. The van der Waals surface area contributed by atoms with E-state index < -0.39 is 10.0 Å². The minimum Gasteiger partial charge on any atom is -0.325 e. The van der Waals surface area contributed by atoms with Crippen molar-refractivity contribution in [1.82, 2.24) is 19.9 Å². The molecule has 0 unspecified atom stereocenters. The van der Waals surface area contributed by atoms with Crippen molar-refractivity contribution in [3.63, 3.8) is 0 Å². The summed E-state index contributed by atoms with van der Waals surface area (Å²) in [6.07, 6.45) is 3.52. The summed E-state index contributed by atoms with van der Waals surface area (Å²) >= 11 is 1.19. The van der Waals surface area contributed by atoms with Crippen LogP contribution in [-0.4, -0.2) is 47.6 Å². The molecule has 0 saturated carbocycles. The number of hydrogen-bond donors (Lipinski definition) is 3. The van der Waals surface area contributed by atoms with Crippen molar-refractivity contribution < 1.29 is 13.2 Å². The minimum absolute atomic E-state index is 0.0707. The number of carbonyl (C=O) groups is 1. The molecule has 0 spiro atoms. The Labute approximate surface area is 196 Å². The van der Waals surface area contributed by atoms with Gasteiger partial charge in [-0.2, -0.15) is 0 Å². The van der Waals surface area contributed by atoms with E-state index >= 15 is 0 Å². The standard InChI is InChI=1S/C22H24N6O3S2/c29-20(15-32-22-25-21(26-27-22)16-8-3-1-4-9-16)24-17-10-7-11-18(14-17)33(30,31)28-19-12-5-2-6-13-23-19/h1,3-4,7-11,14H,2,5-6,12-13,15H2,(H,23,28)(H,24,29)(H,25,26,27). The van der Waals surface area contributed by atoms with E-state index in [2.05, 4.69) is 30.2 Å². The Morgan fingerprint density at radius 3 is 2.76 bits per heavy atom. The van der Waals surface area contributed by atoms with Gasteiger partial charge in [-0.1, -0.05) is 54.6 Å². The number of nitrogens with one attached hydrogen (secondary N) is 3. The zero-order chi connectivity index (χ0) is 23.1. The van der Waals surface area contributed by atoms with Gasteiger partial charge in [0.25, 0.3) is 10.0 Å². The molecule has 0 radical (unpaired) electrons. The van der Waals surface area contributed by atoms with Crippen LogP contribution in [0.4, 0.5) is 5.69 Å². The van der Waals surface area contributed by atoms with Crippen LogP contribution >= 0.6 is 11.8 Å². The molecule has 2 aromatic carbocycles. The number of anilines is 1. The summed E-state index contributed by atoms with van der Waals surface area (Å²) in [5.74, 6) is 0.904. The second kappa shape index (κ2) is 10.6. The summed E-state index contributed by atoms with van der Waals surface area (Å²) in [5, 5.41) is 10.2. The van der Waals surface area contributed by atoms with Gasteiger partial charge in [0.15, 0.2) is 5.82 Å². The number of benzene rings is 2. The maximum absolute atomic E-state index is 12.8. The van der Waals surface area contributed by atoms with Gasteiger partial charge >= 0.3 is 0 Å². The molecule has 4 rings (SSSR count). The first-order chi connectivity index (χ1) is 16.0. The number of sulfonamides is 1. The normalized spacial score (nSPS) is 14.2. The Hall–Kier alpha value is -3.18. The number of nitrogens with zero attached hydrogens (tertiary/aromatic N) is 3. The molecule has 0 saturated heterocycles. The third-order valence-corrected chi connectivity index (χ3v) is 7.13. The number of aliphatic imine (C=N–C) groups is 1. The number of amidine groups is 1. The first kappa shape index (κ1) is 23.0. The zero-order valence-electron chi connectivity index (χ0n) is 17.8. The molecule has 1 aliphatic rings. The highest BCUT2D eigenvalue weighted by Gasteiger charge is 2.18. The number of amides is 1. The van der Waals surface area contributed by atoms with E-state index in [1.165, 1.54) is 23.9 Å². The first-order valence-electron chi connectivity index (χ1n) is 10.6. The number of H-pyrrole nitrogens is 1. The number of aromatic nitrogens is 3. The second-order valence-corrected chi connectivity index (χ2v) is 10.1. The van der Waals surface area contributed by atoms with E-state index in [0.717, 1.165) is 24.8 Å². The zero-order valence-corrected chi connectivity index (χ0v) is 19.5. The number of aromatic amines is 1. The summed E-state index contributed by atoms with van der Waals surface area (Å²) in [4.78, 5) is 21.2. The lowest BCUT2D eigenvalue weighted by atomic mass is 10.2. The lowest BCUT2D eigenvalue weighted by molar-refractivity contribution is -0.113. The van der Waals surface area contributed by atoms with Crippen LogP contribution in [-0.2, 0) is 14.8 Å². The van der Waals surface area contributed by atoms with Crippen LogP contribution in [0.5, 0.6) is 0 Å². The predicted molar refractivity (Wildman–Crippen MR) is 129 cm³/mol. The Kier molecular flexibility index (Phi) is 7.40. The van der Waals surface area contributed by atoms with Crippen molar-refractivity contribution in [2.24, 2.45) is 4.99 Å². The summed E-state index contributed by atoms with van der Waals surface area (Å²) in [6.45, 7) is 0.628. The fraction of sp³-hybridized carbons (Fsp3) is 0.273. The lowest BCUT2D eigenvalue weighted by Crippen LogP contribution is -2.30. The van der Waals surface area contributed by atoms with E-state index in [4.69, 9.17) is 0 Å². The number of hydrogen-bond acceptors (Lipinski definition) is 7. The second-order valence-electron chi connectivity index (χ2n) is 7.44. The average molecular weight is 485 g/mol. The summed E-state index contributed by atoms with van der Waals surface area (Å²) in [5.41, 5.74) is 1.30. The fourth-order valence-electron chi connectivity index (χ4n) is 3.28. The Morgan fingerprint density at radius 1 is 1.06 bits per heavy atom. The monoisotopic (exact) mass is 484 g/mol. The van der Waals surface area contributed by atoms with E-state index in [1.54, 1.807) is 12.1 Å². The van der Waals surface area contributed by atoms with E-state index in [9.17, 15) is 13.2 Å². The van der Waals surface area contributed by atoms with Gasteiger partial charge in [-0.15, -0.1) is 5.10 Å². The maximum atomic E-state index is 12.8. The molecule has 0 aliphatic carbocycles. The van der Waals surface area contributed by atoms with Gasteiger partial charge in [-0.25, -0.2) is 13.4 Å². The molecular weight excluding hydrogens is 460 g/mol. The molecule has 9 nitrogen and oxygen atoms in total. The van der Waals surface area contributed by atoms with E-state index in [0.29, 0.717) is 35.5 Å². The van der Waals surface area contributed by atoms with Gasteiger partial charge in [0, 0.05) is 24.2 Å². The van der Waals surface area contributed by atoms with Crippen molar-refractivity contribution in [3.8, 4) is 11.4 Å². The van der Waals surface area contributed by atoms with Crippen LogP contribution < -0.4 is 10.0 Å². The molecule has 1 amide bonds. The van der Waals surface area contributed by atoms with Crippen molar-refractivity contribution in [2.45, 2.75) is 35.7 Å². The summed E-state index contributed by atoms with van der Waals surface area (Å²) < 4.78 is 28.1. The molecule has 0 fully saturated rings. The molecule has 3 aromatic rings. The molecule has 1 aliphatic heterocycles. The highest BCUT2D eigenvalue weighted by molar-refractivity contribution is 7.99. The highest BCUT2D eigenvalue weighted by Crippen LogP contribution is 2.20. The van der Waals surface area contributed by atoms with Crippen LogP contribution in [0.3, 0.4) is 0 Å². The van der Waals surface area contributed by atoms with Gasteiger partial charge in [0.05, 0.1) is 10.6 Å². The third-order valence-electron chi connectivity index (χ3n) is 4.90. The Bertz CT molecular complexity index is 1240. The molecule has 3 N–H and O–H groups in total. The lowest BCUT2D eigenvalue weighted by Gasteiger charge is -2.11. The quantitative estimate of drug-likeness (QED) is 0.441. The highest BCUT2D eigenvalue weighted by atomic mass is 32.2. The molecule has 11 heteroatoms. The van der Waals surface area contributed by atoms with Gasteiger partial charge < -0.3 is 5.32 Å². The van der Waals surface area contributed by atoms with Gasteiger partial charge in [0.1, 0.15) is 5.84 Å². The number of rotatable bonds is 7. The van der Waals surface area contributed by atoms with Crippen molar-refractivity contribution >= 4 is 39.2 Å². The van der Waals surface area contributed by atoms with Crippen LogP contribution in [0, 0.1) is 0 Å². The van der Waals surface area contributed by atoms with Crippen molar-refractivity contribution in [1.29, 1.82) is 0 Å². The van der Waals surface area contributed by atoms with Crippen molar-refractivity contribution in [2.75, 3.05) is 17.6 Å². The smallest absolute Gasteiger partial charge is 0.262 e. The molecule has 2 heterocycles. The van der Waals surface area contributed by atoms with E-state index in [1.807, 2.05) is 30.3 Å². The minimum atomic E-state index is -3.77. The topological polar surface area (TPSA) is 129 Å². The van der Waals surface area contributed by atoms with E-state index in [-0.39, 0.29) is 16.6 Å². The SMILES string of the molecule is O=C(CSc1n[nH]c(-c2ccccc2)n1)Nc1cccc(S(=O)(=O)NC2=NCCCCC2)c1. The predicted octanol–water partition coefficient (Wildman–Crippen LogP) is 3.45. The Balaban J connectivity index is 1.34. The van der Waals surface area contributed by atoms with Crippen LogP contribution in [0.1, 0.15) is 25.7 Å². The molecular formula is C22H24N6O3S2. The van der Waals surface area contributed by atoms with Gasteiger partial charge in [0.2, 0.25) is 11.1 Å². The van der Waals surface area contributed by atoms with Crippen molar-refractivity contribution in [3.05, 3.63) is 54.6 Å². The molecule has 33 heavy (non-hydrogen) atoms.